The van der Waals surface area contributed by atoms with Crippen LogP contribution in [0, 0.1) is 0 Å². The summed E-state index contributed by atoms with van der Waals surface area (Å²) in [5, 5.41) is 13.7. The van der Waals surface area contributed by atoms with Gasteiger partial charge in [0.25, 0.3) is 5.56 Å². The van der Waals surface area contributed by atoms with Crippen LogP contribution in [-0.4, -0.2) is 47.4 Å². The second-order valence-corrected chi connectivity index (χ2v) is 7.61. The Morgan fingerprint density at radius 1 is 1.19 bits per heavy atom. The van der Waals surface area contributed by atoms with E-state index in [1.807, 2.05) is 4.52 Å². The van der Waals surface area contributed by atoms with Crippen LogP contribution in [0.25, 0.3) is 5.65 Å². The Labute approximate surface area is 156 Å². The van der Waals surface area contributed by atoms with E-state index < -0.39 is 0 Å². The van der Waals surface area contributed by atoms with Gasteiger partial charge in [-0.1, -0.05) is 0 Å². The molecule has 0 atom stereocenters. The lowest BCUT2D eigenvalue weighted by Gasteiger charge is -2.30. The zero-order valence-electron chi connectivity index (χ0n) is 15.5. The molecule has 0 bridgehead atoms. The summed E-state index contributed by atoms with van der Waals surface area (Å²) < 4.78 is 3.59. The molecule has 0 unspecified atom stereocenters. The number of nitrogens with zero attached hydrogens (tertiary/aromatic N) is 7. The average Bonchev–Trinajstić information content (AvgIpc) is 3.30. The maximum absolute atomic E-state index is 11.8. The largest absolute Gasteiger partial charge is 0.299 e. The molecule has 1 fully saturated rings. The van der Waals surface area contributed by atoms with Gasteiger partial charge in [0.05, 0.1) is 12.2 Å². The molecule has 2 aliphatic rings. The van der Waals surface area contributed by atoms with Crippen molar-refractivity contribution in [2.24, 2.45) is 7.05 Å². The van der Waals surface area contributed by atoms with Gasteiger partial charge in [-0.3, -0.25) is 14.3 Å². The number of hydrogen-bond donors (Lipinski definition) is 0. The van der Waals surface area contributed by atoms with Crippen LogP contribution in [-0.2, 0) is 26.4 Å². The van der Waals surface area contributed by atoms with Gasteiger partial charge in [-0.15, -0.1) is 10.2 Å². The van der Waals surface area contributed by atoms with Crippen molar-refractivity contribution < 1.29 is 0 Å². The van der Waals surface area contributed by atoms with Gasteiger partial charge >= 0.3 is 0 Å². The number of aryl methyl sites for hydroxylation is 2. The highest BCUT2D eigenvalue weighted by Crippen LogP contribution is 2.28. The van der Waals surface area contributed by atoms with Crippen LogP contribution >= 0.6 is 0 Å². The lowest BCUT2D eigenvalue weighted by Crippen LogP contribution is -2.35. The summed E-state index contributed by atoms with van der Waals surface area (Å²) in [5.41, 5.74) is 3.40. The molecule has 5 rings (SSSR count). The van der Waals surface area contributed by atoms with E-state index in [1.165, 1.54) is 23.7 Å². The van der Waals surface area contributed by atoms with Gasteiger partial charge in [0, 0.05) is 25.2 Å². The number of likely N-dealkylation sites (tertiary alicyclic amines) is 1. The molecule has 0 spiro atoms. The van der Waals surface area contributed by atoms with Gasteiger partial charge in [0.15, 0.2) is 11.5 Å². The van der Waals surface area contributed by atoms with E-state index in [0.29, 0.717) is 12.5 Å². The minimum absolute atomic E-state index is 0.0107. The van der Waals surface area contributed by atoms with Gasteiger partial charge < -0.3 is 0 Å². The third-order valence-electron chi connectivity index (χ3n) is 5.92. The second kappa shape index (κ2) is 6.53. The first-order chi connectivity index (χ1) is 13.2. The molecule has 1 saturated heterocycles. The first-order valence-electron chi connectivity index (χ1n) is 9.66. The molecule has 3 aromatic heterocycles. The van der Waals surface area contributed by atoms with Gasteiger partial charge in [-0.25, -0.2) is 4.98 Å². The van der Waals surface area contributed by atoms with Crippen molar-refractivity contribution in [1.82, 2.24) is 34.3 Å². The molecule has 0 saturated carbocycles. The Hall–Kier alpha value is -2.61. The Morgan fingerprint density at radius 2 is 2.04 bits per heavy atom. The molecule has 3 aromatic rings. The molecule has 0 N–H and O–H groups in total. The molecule has 0 radical (unpaired) electrons. The summed E-state index contributed by atoms with van der Waals surface area (Å²) >= 11 is 0. The number of fused-ring (bicyclic) bond motifs is 2. The first kappa shape index (κ1) is 16.6. The van der Waals surface area contributed by atoms with Crippen molar-refractivity contribution in [1.29, 1.82) is 0 Å². The lowest BCUT2D eigenvalue weighted by atomic mass is 9.96. The highest BCUT2D eigenvalue weighted by atomic mass is 16.1. The highest BCUT2D eigenvalue weighted by Gasteiger charge is 2.26. The quantitative estimate of drug-likeness (QED) is 0.691. The summed E-state index contributed by atoms with van der Waals surface area (Å²) in [6.45, 7) is 2.61. The summed E-state index contributed by atoms with van der Waals surface area (Å²) in [4.78, 5) is 18.5. The van der Waals surface area contributed by atoms with Crippen LogP contribution in [0.15, 0.2) is 23.1 Å². The SMILES string of the molecule is Cn1c(CN2CCC(c3nnc4cc5c(nn34)CCC5)CC2)nccc1=O. The maximum atomic E-state index is 11.8. The number of rotatable bonds is 3. The number of piperidine rings is 1. The Kier molecular flexibility index (Phi) is 4.00. The topological polar surface area (TPSA) is 81.2 Å². The molecule has 0 aromatic carbocycles. The van der Waals surface area contributed by atoms with E-state index in [-0.39, 0.29) is 5.56 Å². The fourth-order valence-corrected chi connectivity index (χ4v) is 4.26. The van der Waals surface area contributed by atoms with E-state index in [2.05, 4.69) is 26.1 Å². The highest BCUT2D eigenvalue weighted by molar-refractivity contribution is 5.43. The van der Waals surface area contributed by atoms with Crippen molar-refractivity contribution in [3.05, 3.63) is 51.6 Å². The van der Waals surface area contributed by atoms with E-state index in [1.54, 1.807) is 17.8 Å². The molecule has 0 amide bonds. The fourth-order valence-electron chi connectivity index (χ4n) is 4.26. The lowest BCUT2D eigenvalue weighted by molar-refractivity contribution is 0.194. The molecule has 1 aliphatic heterocycles. The van der Waals surface area contributed by atoms with Crippen LogP contribution in [0.2, 0.25) is 0 Å². The van der Waals surface area contributed by atoms with E-state index in [0.717, 1.165) is 56.1 Å². The van der Waals surface area contributed by atoms with Gasteiger partial charge in [0.2, 0.25) is 0 Å². The summed E-state index contributed by atoms with van der Waals surface area (Å²) in [7, 11) is 1.78. The molecule has 27 heavy (non-hydrogen) atoms. The number of hydrogen-bond acceptors (Lipinski definition) is 6. The number of aromatic nitrogens is 6. The van der Waals surface area contributed by atoms with Crippen LogP contribution < -0.4 is 5.56 Å². The van der Waals surface area contributed by atoms with Crippen molar-refractivity contribution in [3.8, 4) is 0 Å². The van der Waals surface area contributed by atoms with Gasteiger partial charge in [-0.05, 0) is 56.8 Å². The third kappa shape index (κ3) is 2.93. The molecule has 1 aliphatic carbocycles. The van der Waals surface area contributed by atoms with Crippen LogP contribution in [0.5, 0.6) is 0 Å². The Morgan fingerprint density at radius 3 is 2.89 bits per heavy atom. The summed E-state index contributed by atoms with van der Waals surface area (Å²) in [6.07, 6.45) is 6.98. The second-order valence-electron chi connectivity index (χ2n) is 7.61. The summed E-state index contributed by atoms with van der Waals surface area (Å²) in [5.74, 6) is 2.17. The van der Waals surface area contributed by atoms with Crippen molar-refractivity contribution in [2.75, 3.05) is 13.1 Å². The van der Waals surface area contributed by atoms with Crippen LogP contribution in [0.4, 0.5) is 0 Å². The Bertz CT molecular complexity index is 1050. The molecule has 140 valence electrons. The van der Waals surface area contributed by atoms with E-state index >= 15 is 0 Å². The first-order valence-corrected chi connectivity index (χ1v) is 9.66. The minimum Gasteiger partial charge on any atom is -0.299 e. The molecular weight excluding hydrogens is 342 g/mol. The van der Waals surface area contributed by atoms with E-state index in [9.17, 15) is 4.79 Å². The zero-order valence-corrected chi connectivity index (χ0v) is 15.5. The maximum Gasteiger partial charge on any atom is 0.253 e. The van der Waals surface area contributed by atoms with Crippen molar-refractivity contribution >= 4 is 5.65 Å². The molecule has 4 heterocycles. The molecular formula is C19H23N7O. The molecule has 8 nitrogen and oxygen atoms in total. The monoisotopic (exact) mass is 365 g/mol. The predicted molar refractivity (Wildman–Crippen MR) is 99.5 cm³/mol. The Balaban J connectivity index is 1.31. The van der Waals surface area contributed by atoms with E-state index in [4.69, 9.17) is 5.10 Å². The van der Waals surface area contributed by atoms with Crippen molar-refractivity contribution in [3.63, 3.8) is 0 Å². The van der Waals surface area contributed by atoms with Crippen LogP contribution in [0.3, 0.4) is 0 Å². The van der Waals surface area contributed by atoms with Crippen molar-refractivity contribution in [2.45, 2.75) is 44.6 Å². The zero-order chi connectivity index (χ0) is 18.4. The standard InChI is InChI=1S/C19H23N7O/c1-24-17(20-8-5-18(24)27)12-25-9-6-13(7-10-25)19-22-21-16-11-14-3-2-4-15(14)23-26(16)19/h5,8,11,13H,2-4,6-7,9-10,12H2,1H3. The minimum atomic E-state index is -0.0107. The van der Waals surface area contributed by atoms with Gasteiger partial charge in [-0.2, -0.15) is 9.61 Å². The molecule has 8 heteroatoms. The van der Waals surface area contributed by atoms with Gasteiger partial charge in [0.1, 0.15) is 5.82 Å². The smallest absolute Gasteiger partial charge is 0.253 e. The normalized spacial score (nSPS) is 18.3. The predicted octanol–water partition coefficient (Wildman–Crippen LogP) is 1.09. The third-order valence-corrected chi connectivity index (χ3v) is 5.92. The average molecular weight is 365 g/mol. The summed E-state index contributed by atoms with van der Waals surface area (Å²) in [6, 6.07) is 3.65. The fraction of sp³-hybridized carbons (Fsp3) is 0.526. The van der Waals surface area contributed by atoms with Crippen LogP contribution in [0.1, 0.15) is 48.1 Å².